The number of carbonyl (C=O) groups is 2. The van der Waals surface area contributed by atoms with Gasteiger partial charge in [-0.3, -0.25) is 14.5 Å². The highest BCUT2D eigenvalue weighted by Gasteiger charge is 2.20. The first-order chi connectivity index (χ1) is 12.5. The quantitative estimate of drug-likeness (QED) is 0.729. The van der Waals surface area contributed by atoms with Crippen molar-refractivity contribution in [2.75, 3.05) is 25.0 Å². The van der Waals surface area contributed by atoms with E-state index in [2.05, 4.69) is 43.4 Å². The maximum atomic E-state index is 12.1. The summed E-state index contributed by atoms with van der Waals surface area (Å²) in [5, 5.41) is 6.25. The minimum Gasteiger partial charge on any atom is -0.352 e. The van der Waals surface area contributed by atoms with E-state index in [-0.39, 0.29) is 24.8 Å². The van der Waals surface area contributed by atoms with E-state index in [4.69, 9.17) is 0 Å². The van der Waals surface area contributed by atoms with Crippen LogP contribution in [0.15, 0.2) is 28.7 Å². The summed E-state index contributed by atoms with van der Waals surface area (Å²) in [6.45, 7) is 5.38. The summed E-state index contributed by atoms with van der Waals surface area (Å²) in [5.41, 5.74) is 1.67. The highest BCUT2D eigenvalue weighted by molar-refractivity contribution is 9.10. The zero-order valence-corrected chi connectivity index (χ0v) is 17.0. The first kappa shape index (κ1) is 19.0. The third kappa shape index (κ3) is 4.90. The number of rotatable bonds is 6. The maximum absolute atomic E-state index is 12.1. The van der Waals surface area contributed by atoms with Gasteiger partial charge in [-0.2, -0.15) is 0 Å². The van der Waals surface area contributed by atoms with Crippen molar-refractivity contribution in [2.45, 2.75) is 26.3 Å². The average Bonchev–Trinajstić information content (AvgIpc) is 3.03. The highest BCUT2D eigenvalue weighted by atomic mass is 79.9. The third-order valence-corrected chi connectivity index (χ3v) is 5.77. The van der Waals surface area contributed by atoms with Gasteiger partial charge in [0.05, 0.1) is 5.69 Å². The molecule has 2 heterocycles. The molecule has 0 unspecified atom stereocenters. The van der Waals surface area contributed by atoms with Gasteiger partial charge in [0.25, 0.3) is 5.91 Å². The molecular weight excluding hydrogens is 416 g/mol. The largest absolute Gasteiger partial charge is 0.352 e. The lowest BCUT2D eigenvalue weighted by Gasteiger charge is -2.23. The number of nitrogens with zero attached hydrogens (tertiary/aromatic N) is 2. The summed E-state index contributed by atoms with van der Waals surface area (Å²) in [6.07, 6.45) is 1.15. The minimum atomic E-state index is -0.185. The number of nitrogens with one attached hydrogen (secondary N) is 2. The summed E-state index contributed by atoms with van der Waals surface area (Å²) >= 11 is 4.88. The van der Waals surface area contributed by atoms with Crippen molar-refractivity contribution < 1.29 is 9.59 Å². The fourth-order valence-electron chi connectivity index (χ4n) is 2.75. The van der Waals surface area contributed by atoms with Crippen molar-refractivity contribution in [3.05, 3.63) is 44.9 Å². The Morgan fingerprint density at radius 2 is 2.08 bits per heavy atom. The number of hydrogen-bond donors (Lipinski definition) is 2. The lowest BCUT2D eigenvalue weighted by atomic mass is 10.2. The molecule has 2 aromatic rings. The molecule has 1 aliphatic rings. The predicted molar refractivity (Wildman–Crippen MR) is 106 cm³/mol. The van der Waals surface area contributed by atoms with Crippen molar-refractivity contribution in [1.82, 2.24) is 15.2 Å². The molecule has 1 aromatic carbocycles. The van der Waals surface area contributed by atoms with Crippen LogP contribution in [0.1, 0.15) is 34.3 Å². The van der Waals surface area contributed by atoms with Gasteiger partial charge in [-0.1, -0.05) is 22.9 Å². The van der Waals surface area contributed by atoms with Crippen LogP contribution in [-0.4, -0.2) is 41.3 Å². The van der Waals surface area contributed by atoms with Crippen molar-refractivity contribution >= 4 is 44.2 Å². The number of benzene rings is 1. The van der Waals surface area contributed by atoms with Gasteiger partial charge in [0.15, 0.2) is 5.13 Å². The van der Waals surface area contributed by atoms with Crippen molar-refractivity contribution in [2.24, 2.45) is 0 Å². The van der Waals surface area contributed by atoms with E-state index >= 15 is 0 Å². The molecule has 2 N–H and O–H groups in total. The lowest BCUT2D eigenvalue weighted by Crippen LogP contribution is -2.29. The van der Waals surface area contributed by atoms with E-state index in [0.717, 1.165) is 36.2 Å². The highest BCUT2D eigenvalue weighted by Crippen LogP contribution is 2.28. The molecule has 1 aromatic heterocycles. The van der Waals surface area contributed by atoms with Gasteiger partial charge in [-0.15, -0.1) is 11.3 Å². The predicted octanol–water partition coefficient (Wildman–Crippen LogP) is 3.04. The van der Waals surface area contributed by atoms with Gasteiger partial charge in [0, 0.05) is 47.4 Å². The van der Waals surface area contributed by atoms with Crippen LogP contribution in [0.4, 0.5) is 5.13 Å². The lowest BCUT2D eigenvalue weighted by molar-refractivity contribution is -0.116. The molecule has 2 amide bonds. The van der Waals surface area contributed by atoms with Crippen LogP contribution in [0.25, 0.3) is 0 Å². The Morgan fingerprint density at radius 1 is 1.31 bits per heavy atom. The molecule has 0 bridgehead atoms. The van der Waals surface area contributed by atoms with E-state index < -0.39 is 0 Å². The number of carbonyl (C=O) groups excluding carboxylic acids is 2. The molecule has 0 radical (unpaired) electrons. The Bertz CT molecular complexity index is 791. The van der Waals surface area contributed by atoms with Gasteiger partial charge >= 0.3 is 0 Å². The Morgan fingerprint density at radius 3 is 2.81 bits per heavy atom. The molecule has 0 saturated carbocycles. The second kappa shape index (κ2) is 8.75. The maximum Gasteiger partial charge on any atom is 0.251 e. The number of thiazole rings is 1. The van der Waals surface area contributed by atoms with Crippen LogP contribution in [0.2, 0.25) is 0 Å². The van der Waals surface area contributed by atoms with Gasteiger partial charge < -0.3 is 10.6 Å². The molecule has 6 nitrogen and oxygen atoms in total. The molecule has 0 fully saturated rings. The van der Waals surface area contributed by atoms with Crippen molar-refractivity contribution in [1.29, 1.82) is 0 Å². The Kier molecular flexibility index (Phi) is 6.39. The molecule has 0 saturated heterocycles. The normalized spacial score (nSPS) is 13.9. The van der Waals surface area contributed by atoms with Crippen molar-refractivity contribution in [3.63, 3.8) is 0 Å². The van der Waals surface area contributed by atoms with E-state index in [0.29, 0.717) is 10.7 Å². The molecule has 138 valence electrons. The molecular formula is C18H21BrN4O2S. The zero-order chi connectivity index (χ0) is 18.5. The standard InChI is InChI=1S/C18H21BrN4O2S/c1-2-23-10-8-14-15(11-23)26-18(21-14)22-16(24)7-9-20-17(25)12-3-5-13(19)6-4-12/h3-6H,2,7-11H2,1H3,(H,20,25)(H,21,22,24). The Balaban J connectivity index is 1.45. The Labute approximate surface area is 165 Å². The summed E-state index contributed by atoms with van der Waals surface area (Å²) < 4.78 is 0.918. The molecule has 8 heteroatoms. The van der Waals surface area contributed by atoms with E-state index in [1.807, 2.05) is 12.1 Å². The van der Waals surface area contributed by atoms with E-state index in [9.17, 15) is 9.59 Å². The molecule has 0 spiro atoms. The number of hydrogen-bond acceptors (Lipinski definition) is 5. The van der Waals surface area contributed by atoms with Crippen LogP contribution in [0.3, 0.4) is 0 Å². The van der Waals surface area contributed by atoms with E-state index in [1.54, 1.807) is 23.5 Å². The average molecular weight is 437 g/mol. The van der Waals surface area contributed by atoms with Crippen LogP contribution in [0, 0.1) is 0 Å². The van der Waals surface area contributed by atoms with Gasteiger partial charge in [0.1, 0.15) is 0 Å². The second-order valence-corrected chi connectivity index (χ2v) is 8.07. The smallest absolute Gasteiger partial charge is 0.251 e. The van der Waals surface area contributed by atoms with Crippen LogP contribution >= 0.6 is 27.3 Å². The number of aromatic nitrogens is 1. The second-order valence-electron chi connectivity index (χ2n) is 6.07. The fraction of sp³-hybridized carbons (Fsp3) is 0.389. The molecule has 1 aliphatic heterocycles. The van der Waals surface area contributed by atoms with Crippen LogP contribution < -0.4 is 10.6 Å². The zero-order valence-electron chi connectivity index (χ0n) is 14.5. The van der Waals surface area contributed by atoms with Crippen LogP contribution in [-0.2, 0) is 17.8 Å². The summed E-state index contributed by atoms with van der Waals surface area (Å²) in [7, 11) is 0. The molecule has 0 aliphatic carbocycles. The molecule has 26 heavy (non-hydrogen) atoms. The monoisotopic (exact) mass is 436 g/mol. The number of halogens is 1. The summed E-state index contributed by atoms with van der Waals surface area (Å²) in [6, 6.07) is 7.09. The number of anilines is 1. The van der Waals surface area contributed by atoms with Crippen molar-refractivity contribution in [3.8, 4) is 0 Å². The molecule has 0 atom stereocenters. The molecule has 3 rings (SSSR count). The number of fused-ring (bicyclic) bond motifs is 1. The minimum absolute atomic E-state index is 0.139. The summed E-state index contributed by atoms with van der Waals surface area (Å²) in [4.78, 5) is 32.2. The van der Waals surface area contributed by atoms with Gasteiger partial charge in [-0.05, 0) is 30.8 Å². The summed E-state index contributed by atoms with van der Waals surface area (Å²) in [5.74, 6) is -0.325. The first-order valence-electron chi connectivity index (χ1n) is 8.59. The topological polar surface area (TPSA) is 74.3 Å². The number of amides is 2. The first-order valence-corrected chi connectivity index (χ1v) is 10.2. The van der Waals surface area contributed by atoms with Gasteiger partial charge in [0.2, 0.25) is 5.91 Å². The third-order valence-electron chi connectivity index (χ3n) is 4.25. The van der Waals surface area contributed by atoms with Gasteiger partial charge in [-0.25, -0.2) is 4.98 Å². The SMILES string of the molecule is CCN1CCc2nc(NC(=O)CCNC(=O)c3ccc(Br)cc3)sc2C1. The number of likely N-dealkylation sites (N-methyl/N-ethyl adjacent to an activating group) is 1. The fourth-order valence-corrected chi connectivity index (χ4v) is 4.08. The van der Waals surface area contributed by atoms with E-state index in [1.165, 1.54) is 4.88 Å². The Hall–Kier alpha value is -1.77. The van der Waals surface area contributed by atoms with Crippen LogP contribution in [0.5, 0.6) is 0 Å².